The molecule has 1 aromatic carbocycles. The lowest BCUT2D eigenvalue weighted by Gasteiger charge is -2.35. The molecule has 1 fully saturated rings. The molecule has 0 spiro atoms. The molecule has 5 nitrogen and oxygen atoms in total. The summed E-state index contributed by atoms with van der Waals surface area (Å²) >= 11 is 0. The molecule has 1 aliphatic heterocycles. The molecule has 1 unspecified atom stereocenters. The number of nitrogen functional groups attached to an aromatic ring is 1. The number of alkyl halides is 3. The van der Waals surface area contributed by atoms with E-state index in [0.717, 1.165) is 0 Å². The highest BCUT2D eigenvalue weighted by Gasteiger charge is 2.41. The summed E-state index contributed by atoms with van der Waals surface area (Å²) in [5.41, 5.74) is 5.77. The molecule has 8 heteroatoms. The summed E-state index contributed by atoms with van der Waals surface area (Å²) in [7, 11) is 0. The summed E-state index contributed by atoms with van der Waals surface area (Å²) < 4.78 is 38.2. The second-order valence-corrected chi connectivity index (χ2v) is 4.83. The molecule has 1 atom stereocenters. The fraction of sp³-hybridized carbons (Fsp3) is 0.500. The molecule has 0 bridgehead atoms. The van der Waals surface area contributed by atoms with Crippen molar-refractivity contribution in [3.05, 3.63) is 28.3 Å². The predicted octanol–water partition coefficient (Wildman–Crippen LogP) is 2.96. The van der Waals surface area contributed by atoms with Crippen LogP contribution in [0.25, 0.3) is 0 Å². The van der Waals surface area contributed by atoms with E-state index in [9.17, 15) is 23.3 Å². The van der Waals surface area contributed by atoms with Gasteiger partial charge in [0.25, 0.3) is 5.69 Å². The van der Waals surface area contributed by atoms with Gasteiger partial charge in [0.1, 0.15) is 5.69 Å². The maximum absolute atomic E-state index is 12.7. The molecule has 2 rings (SSSR count). The Morgan fingerprint density at radius 3 is 2.65 bits per heavy atom. The van der Waals surface area contributed by atoms with Gasteiger partial charge in [0.05, 0.1) is 10.8 Å². The Kier molecular flexibility index (Phi) is 3.74. The van der Waals surface area contributed by atoms with Crippen LogP contribution >= 0.6 is 0 Å². The summed E-state index contributed by atoms with van der Waals surface area (Å²) in [6, 6.07) is 4.02. The monoisotopic (exact) mass is 289 g/mol. The first-order chi connectivity index (χ1) is 9.29. The van der Waals surface area contributed by atoms with E-state index in [1.165, 1.54) is 18.2 Å². The average molecular weight is 289 g/mol. The highest BCUT2D eigenvalue weighted by atomic mass is 19.4. The fourth-order valence-corrected chi connectivity index (χ4v) is 2.38. The summed E-state index contributed by atoms with van der Waals surface area (Å²) in [4.78, 5) is 11.6. The molecule has 0 saturated carbocycles. The van der Waals surface area contributed by atoms with Crippen LogP contribution in [0.15, 0.2) is 18.2 Å². The third-order valence-corrected chi connectivity index (χ3v) is 3.46. The normalized spacial score (nSPS) is 19.9. The van der Waals surface area contributed by atoms with E-state index in [-0.39, 0.29) is 24.3 Å². The van der Waals surface area contributed by atoms with Crippen molar-refractivity contribution in [3.8, 4) is 0 Å². The largest absolute Gasteiger partial charge is 0.393 e. The first-order valence-electron chi connectivity index (χ1n) is 6.14. The lowest BCUT2D eigenvalue weighted by molar-refractivity contribution is -0.383. The molecule has 1 aromatic rings. The van der Waals surface area contributed by atoms with Crippen molar-refractivity contribution in [2.75, 3.05) is 23.7 Å². The number of anilines is 2. The van der Waals surface area contributed by atoms with Crippen LogP contribution in [0.4, 0.5) is 30.2 Å². The van der Waals surface area contributed by atoms with Crippen LogP contribution in [0.2, 0.25) is 0 Å². The first kappa shape index (κ1) is 14.4. The zero-order valence-electron chi connectivity index (χ0n) is 10.6. The molecule has 0 aliphatic carbocycles. The van der Waals surface area contributed by atoms with Crippen LogP contribution in [0, 0.1) is 16.0 Å². The molecule has 0 radical (unpaired) electrons. The second kappa shape index (κ2) is 5.18. The predicted molar refractivity (Wildman–Crippen MR) is 68.5 cm³/mol. The molecule has 1 heterocycles. The number of hydrogen-bond donors (Lipinski definition) is 1. The molecule has 1 saturated heterocycles. The number of nitro benzene ring substituents is 1. The van der Waals surface area contributed by atoms with E-state index in [1.807, 2.05) is 0 Å². The molecule has 0 aromatic heterocycles. The minimum Gasteiger partial charge on any atom is -0.393 e. The molecular formula is C12H14F3N3O2. The Labute approximate surface area is 113 Å². The molecule has 0 amide bonds. The lowest BCUT2D eigenvalue weighted by Crippen LogP contribution is -2.41. The molecule has 20 heavy (non-hydrogen) atoms. The average Bonchev–Trinajstić information content (AvgIpc) is 2.37. The van der Waals surface area contributed by atoms with Crippen LogP contribution in [0.5, 0.6) is 0 Å². The highest BCUT2D eigenvalue weighted by molar-refractivity contribution is 5.66. The second-order valence-electron chi connectivity index (χ2n) is 4.83. The van der Waals surface area contributed by atoms with Crippen molar-refractivity contribution in [1.82, 2.24) is 0 Å². The van der Waals surface area contributed by atoms with E-state index in [0.29, 0.717) is 18.7 Å². The van der Waals surface area contributed by atoms with Crippen LogP contribution in [0.3, 0.4) is 0 Å². The Morgan fingerprint density at radius 1 is 1.40 bits per heavy atom. The van der Waals surface area contributed by atoms with Crippen LogP contribution in [0.1, 0.15) is 12.8 Å². The number of nitro groups is 1. The third-order valence-electron chi connectivity index (χ3n) is 3.46. The lowest BCUT2D eigenvalue weighted by atomic mass is 9.97. The van der Waals surface area contributed by atoms with Gasteiger partial charge in [-0.25, -0.2) is 0 Å². The van der Waals surface area contributed by atoms with Crippen molar-refractivity contribution in [3.63, 3.8) is 0 Å². The van der Waals surface area contributed by atoms with Crippen LogP contribution < -0.4 is 10.6 Å². The van der Waals surface area contributed by atoms with E-state index in [2.05, 4.69) is 0 Å². The van der Waals surface area contributed by atoms with Gasteiger partial charge in [-0.2, -0.15) is 13.2 Å². The van der Waals surface area contributed by atoms with E-state index >= 15 is 0 Å². The maximum Gasteiger partial charge on any atom is 0.393 e. The fourth-order valence-electron chi connectivity index (χ4n) is 2.38. The number of nitrogens with zero attached hydrogens (tertiary/aromatic N) is 2. The third kappa shape index (κ3) is 2.94. The summed E-state index contributed by atoms with van der Waals surface area (Å²) in [6.07, 6.45) is -3.67. The summed E-state index contributed by atoms with van der Waals surface area (Å²) in [6.45, 7) is 0.352. The smallest absolute Gasteiger partial charge is 0.393 e. The number of nitrogens with two attached hydrogens (primary N) is 1. The van der Waals surface area contributed by atoms with Crippen molar-refractivity contribution in [1.29, 1.82) is 0 Å². The van der Waals surface area contributed by atoms with Gasteiger partial charge in [-0.05, 0) is 25.0 Å². The zero-order chi connectivity index (χ0) is 14.9. The number of halogens is 3. The van der Waals surface area contributed by atoms with Gasteiger partial charge in [-0.1, -0.05) is 0 Å². The number of benzene rings is 1. The number of piperidine rings is 1. The van der Waals surface area contributed by atoms with E-state index in [1.54, 1.807) is 4.90 Å². The van der Waals surface area contributed by atoms with Gasteiger partial charge in [-0.3, -0.25) is 10.1 Å². The Hall–Kier alpha value is -1.99. The van der Waals surface area contributed by atoms with Crippen molar-refractivity contribution in [2.24, 2.45) is 5.92 Å². The van der Waals surface area contributed by atoms with Gasteiger partial charge < -0.3 is 10.6 Å². The van der Waals surface area contributed by atoms with Gasteiger partial charge >= 0.3 is 6.18 Å². The SMILES string of the molecule is Nc1cc(N2CCCC(C(F)(F)F)C2)ccc1[N+](=O)[O-]. The first-order valence-corrected chi connectivity index (χ1v) is 6.14. The van der Waals surface area contributed by atoms with E-state index in [4.69, 9.17) is 5.73 Å². The standard InChI is InChI=1S/C12H14F3N3O2/c13-12(14,15)8-2-1-5-17(7-8)9-3-4-11(18(19)20)10(16)6-9/h3-4,6,8H,1-2,5,7,16H2. The van der Waals surface area contributed by atoms with Gasteiger partial charge in [-0.15, -0.1) is 0 Å². The highest BCUT2D eigenvalue weighted by Crippen LogP contribution is 2.36. The molecule has 110 valence electrons. The number of rotatable bonds is 2. The molecular weight excluding hydrogens is 275 g/mol. The maximum atomic E-state index is 12.7. The quantitative estimate of drug-likeness (QED) is 0.516. The van der Waals surface area contributed by atoms with Crippen molar-refractivity contribution < 1.29 is 18.1 Å². The van der Waals surface area contributed by atoms with Gasteiger partial charge in [0, 0.05) is 24.8 Å². The minimum atomic E-state index is -4.22. The summed E-state index contributed by atoms with van der Waals surface area (Å²) in [5, 5.41) is 10.7. The molecule has 2 N–H and O–H groups in total. The topological polar surface area (TPSA) is 72.4 Å². The Morgan fingerprint density at radius 2 is 2.10 bits per heavy atom. The minimum absolute atomic E-state index is 0.0402. The van der Waals surface area contributed by atoms with Crippen molar-refractivity contribution >= 4 is 17.1 Å². The summed E-state index contributed by atoms with van der Waals surface area (Å²) in [5.74, 6) is -1.37. The zero-order valence-corrected chi connectivity index (χ0v) is 10.6. The van der Waals surface area contributed by atoms with Gasteiger partial charge in [0.2, 0.25) is 0 Å². The Balaban J connectivity index is 2.19. The van der Waals surface area contributed by atoms with Gasteiger partial charge in [0.15, 0.2) is 0 Å². The number of hydrogen-bond acceptors (Lipinski definition) is 4. The van der Waals surface area contributed by atoms with Crippen LogP contribution in [-0.4, -0.2) is 24.2 Å². The van der Waals surface area contributed by atoms with Crippen LogP contribution in [-0.2, 0) is 0 Å². The Bertz CT molecular complexity index is 519. The molecule has 1 aliphatic rings. The van der Waals surface area contributed by atoms with Crippen molar-refractivity contribution in [2.45, 2.75) is 19.0 Å². The van der Waals surface area contributed by atoms with E-state index < -0.39 is 17.0 Å².